The highest BCUT2D eigenvalue weighted by molar-refractivity contribution is 6.35. The zero-order valence-electron chi connectivity index (χ0n) is 12.8. The van der Waals surface area contributed by atoms with Crippen molar-refractivity contribution in [3.05, 3.63) is 51.0 Å². The van der Waals surface area contributed by atoms with Gasteiger partial charge in [-0.05, 0) is 24.3 Å². The maximum absolute atomic E-state index is 12.5. The molecule has 4 nitrogen and oxygen atoms in total. The number of halogens is 2. The molecule has 2 aromatic carbocycles. The first-order chi connectivity index (χ1) is 11.6. The van der Waals surface area contributed by atoms with Crippen molar-refractivity contribution >= 4 is 34.8 Å². The highest BCUT2D eigenvalue weighted by atomic mass is 35.5. The third-order valence-corrected chi connectivity index (χ3v) is 4.86. The monoisotopic (exact) mass is 363 g/mol. The Hall–Kier alpha value is -1.91. The standard InChI is InChI=1S/C18H15Cl2NO3/c19-11-1-2-14(20)15(8-11)21-17(22)9-13-12-4-6-23-16(12)7-10-3-5-24-18(10)13/h1-2,7-8H,3-6,9H2,(H,21,22). The van der Waals surface area contributed by atoms with Crippen LogP contribution in [0.2, 0.25) is 10.0 Å². The Morgan fingerprint density at radius 2 is 1.96 bits per heavy atom. The van der Waals surface area contributed by atoms with E-state index in [1.807, 2.05) is 6.07 Å². The summed E-state index contributed by atoms with van der Waals surface area (Å²) in [6.45, 7) is 1.29. The van der Waals surface area contributed by atoms with E-state index in [-0.39, 0.29) is 12.3 Å². The molecule has 6 heteroatoms. The first-order valence-corrected chi connectivity index (χ1v) is 8.55. The van der Waals surface area contributed by atoms with Gasteiger partial charge >= 0.3 is 0 Å². The van der Waals surface area contributed by atoms with Gasteiger partial charge in [-0.2, -0.15) is 0 Å². The topological polar surface area (TPSA) is 47.6 Å². The van der Waals surface area contributed by atoms with Gasteiger partial charge < -0.3 is 14.8 Å². The van der Waals surface area contributed by atoms with E-state index in [0.29, 0.717) is 28.9 Å². The molecule has 0 fully saturated rings. The molecular weight excluding hydrogens is 349 g/mol. The molecule has 0 atom stereocenters. The SMILES string of the molecule is O=C(Cc1c2c(cc3c1OCC3)OCC2)Nc1cc(Cl)ccc1Cl. The van der Waals surface area contributed by atoms with Gasteiger partial charge in [0.2, 0.25) is 5.91 Å². The van der Waals surface area contributed by atoms with E-state index in [0.717, 1.165) is 41.0 Å². The van der Waals surface area contributed by atoms with Crippen LogP contribution >= 0.6 is 23.2 Å². The first-order valence-electron chi connectivity index (χ1n) is 7.80. The third-order valence-electron chi connectivity index (χ3n) is 4.30. The van der Waals surface area contributed by atoms with Crippen LogP contribution in [0.4, 0.5) is 5.69 Å². The summed E-state index contributed by atoms with van der Waals surface area (Å²) in [6, 6.07) is 7.03. The number of hydrogen-bond donors (Lipinski definition) is 1. The molecule has 0 spiro atoms. The molecule has 1 N–H and O–H groups in total. The Morgan fingerprint density at radius 3 is 2.83 bits per heavy atom. The Kier molecular flexibility index (Phi) is 4.02. The van der Waals surface area contributed by atoms with Crippen molar-refractivity contribution in [2.75, 3.05) is 18.5 Å². The fraction of sp³-hybridized carbons (Fsp3) is 0.278. The van der Waals surface area contributed by atoms with Crippen LogP contribution in [0.1, 0.15) is 16.7 Å². The number of anilines is 1. The summed E-state index contributed by atoms with van der Waals surface area (Å²) in [4.78, 5) is 12.5. The van der Waals surface area contributed by atoms with Crippen LogP contribution in [0.25, 0.3) is 0 Å². The Balaban J connectivity index is 1.62. The number of nitrogens with one attached hydrogen (secondary N) is 1. The van der Waals surface area contributed by atoms with Gasteiger partial charge in [-0.3, -0.25) is 4.79 Å². The summed E-state index contributed by atoms with van der Waals surface area (Å²) >= 11 is 12.1. The van der Waals surface area contributed by atoms with Crippen molar-refractivity contribution in [2.24, 2.45) is 0 Å². The van der Waals surface area contributed by atoms with Gasteiger partial charge in [-0.15, -0.1) is 0 Å². The summed E-state index contributed by atoms with van der Waals surface area (Å²) in [5.74, 6) is 1.56. The van der Waals surface area contributed by atoms with Crippen molar-refractivity contribution in [1.29, 1.82) is 0 Å². The average molecular weight is 364 g/mol. The Labute approximate surface area is 149 Å². The fourth-order valence-corrected chi connectivity index (χ4v) is 3.56. The second kappa shape index (κ2) is 6.19. The number of benzene rings is 2. The van der Waals surface area contributed by atoms with Crippen molar-refractivity contribution < 1.29 is 14.3 Å². The van der Waals surface area contributed by atoms with E-state index in [4.69, 9.17) is 32.7 Å². The molecule has 2 aliphatic rings. The van der Waals surface area contributed by atoms with Gasteiger partial charge in [-0.25, -0.2) is 0 Å². The summed E-state index contributed by atoms with van der Waals surface area (Å²) < 4.78 is 11.4. The molecular formula is C18H15Cl2NO3. The molecule has 1 amide bonds. The molecule has 0 aliphatic carbocycles. The van der Waals surface area contributed by atoms with E-state index >= 15 is 0 Å². The zero-order chi connectivity index (χ0) is 16.7. The maximum Gasteiger partial charge on any atom is 0.228 e. The highest BCUT2D eigenvalue weighted by Crippen LogP contribution is 2.41. The average Bonchev–Trinajstić information content (AvgIpc) is 3.19. The van der Waals surface area contributed by atoms with Crippen molar-refractivity contribution in [3.63, 3.8) is 0 Å². The minimum absolute atomic E-state index is 0.155. The van der Waals surface area contributed by atoms with Crippen molar-refractivity contribution in [3.8, 4) is 11.5 Å². The predicted molar refractivity (Wildman–Crippen MR) is 93.6 cm³/mol. The molecule has 0 aromatic heterocycles. The number of rotatable bonds is 3. The van der Waals surface area contributed by atoms with E-state index < -0.39 is 0 Å². The molecule has 4 rings (SSSR count). The van der Waals surface area contributed by atoms with E-state index in [2.05, 4.69) is 5.32 Å². The number of hydrogen-bond acceptors (Lipinski definition) is 3. The van der Waals surface area contributed by atoms with Crippen LogP contribution in [-0.2, 0) is 24.1 Å². The van der Waals surface area contributed by atoms with Crippen LogP contribution in [0.5, 0.6) is 11.5 Å². The molecule has 24 heavy (non-hydrogen) atoms. The lowest BCUT2D eigenvalue weighted by Crippen LogP contribution is -2.16. The molecule has 0 unspecified atom stereocenters. The second-order valence-electron chi connectivity index (χ2n) is 5.87. The van der Waals surface area contributed by atoms with E-state index in [1.165, 1.54) is 0 Å². The largest absolute Gasteiger partial charge is 0.493 e. The minimum atomic E-state index is -0.155. The normalized spacial score (nSPS) is 14.6. The van der Waals surface area contributed by atoms with Gasteiger partial charge in [0.25, 0.3) is 0 Å². The van der Waals surface area contributed by atoms with Gasteiger partial charge in [0.05, 0.1) is 30.3 Å². The first kappa shape index (κ1) is 15.6. The molecule has 0 saturated carbocycles. The van der Waals surface area contributed by atoms with Crippen molar-refractivity contribution in [2.45, 2.75) is 19.3 Å². The summed E-state index contributed by atoms with van der Waals surface area (Å²) in [6.07, 6.45) is 1.87. The molecule has 0 radical (unpaired) electrons. The van der Waals surface area contributed by atoms with E-state index in [9.17, 15) is 4.79 Å². The van der Waals surface area contributed by atoms with Crippen molar-refractivity contribution in [1.82, 2.24) is 0 Å². The number of amides is 1. The van der Waals surface area contributed by atoms with Gasteiger partial charge in [0, 0.05) is 34.6 Å². The second-order valence-corrected chi connectivity index (χ2v) is 6.71. The molecule has 124 valence electrons. The van der Waals surface area contributed by atoms with Crippen LogP contribution < -0.4 is 14.8 Å². The Morgan fingerprint density at radius 1 is 1.12 bits per heavy atom. The zero-order valence-corrected chi connectivity index (χ0v) is 14.3. The molecule has 2 aliphatic heterocycles. The lowest BCUT2D eigenvalue weighted by Gasteiger charge is -2.13. The van der Waals surface area contributed by atoms with Crippen LogP contribution in [0.3, 0.4) is 0 Å². The maximum atomic E-state index is 12.5. The van der Waals surface area contributed by atoms with Gasteiger partial charge in [0.15, 0.2) is 0 Å². The van der Waals surface area contributed by atoms with Crippen LogP contribution in [0, 0.1) is 0 Å². The fourth-order valence-electron chi connectivity index (χ4n) is 3.22. The lowest BCUT2D eigenvalue weighted by molar-refractivity contribution is -0.115. The summed E-state index contributed by atoms with van der Waals surface area (Å²) in [5, 5.41) is 3.81. The quantitative estimate of drug-likeness (QED) is 0.894. The van der Waals surface area contributed by atoms with Crippen LogP contribution in [-0.4, -0.2) is 19.1 Å². The number of ether oxygens (including phenoxy) is 2. The molecule has 0 saturated heterocycles. The lowest BCUT2D eigenvalue weighted by atomic mass is 9.97. The minimum Gasteiger partial charge on any atom is -0.493 e. The van der Waals surface area contributed by atoms with Crippen LogP contribution in [0.15, 0.2) is 24.3 Å². The molecule has 2 aromatic rings. The highest BCUT2D eigenvalue weighted by Gasteiger charge is 2.27. The predicted octanol–water partition coefficient (Wildman–Crippen LogP) is 4.04. The van der Waals surface area contributed by atoms with E-state index in [1.54, 1.807) is 18.2 Å². The molecule has 2 heterocycles. The molecule has 0 bridgehead atoms. The summed E-state index contributed by atoms with van der Waals surface area (Å²) in [7, 11) is 0. The van der Waals surface area contributed by atoms with Gasteiger partial charge in [-0.1, -0.05) is 23.2 Å². The third kappa shape index (κ3) is 2.80. The Bertz CT molecular complexity index is 803. The number of fused-ring (bicyclic) bond motifs is 2. The number of carbonyl (C=O) groups excluding carboxylic acids is 1. The number of carbonyl (C=O) groups is 1. The smallest absolute Gasteiger partial charge is 0.228 e. The van der Waals surface area contributed by atoms with Gasteiger partial charge in [0.1, 0.15) is 11.5 Å². The summed E-state index contributed by atoms with van der Waals surface area (Å²) in [5.41, 5.74) is 3.62.